The Morgan fingerprint density at radius 3 is 2.50 bits per heavy atom. The first-order valence-corrected chi connectivity index (χ1v) is 7.95. The maximum Gasteiger partial charge on any atom is 0.130 e. The number of ether oxygens (including phenoxy) is 1. The SMILES string of the molecule is CCC(N)Cc1cc(C)ccc1Oc1ccc(I)cc1. The molecule has 1 atom stereocenters. The van der Waals surface area contributed by atoms with Crippen LogP contribution in [0.15, 0.2) is 42.5 Å². The highest BCUT2D eigenvalue weighted by atomic mass is 127. The van der Waals surface area contributed by atoms with E-state index in [-0.39, 0.29) is 6.04 Å². The first-order valence-electron chi connectivity index (χ1n) is 6.87. The van der Waals surface area contributed by atoms with Crippen molar-refractivity contribution in [2.75, 3.05) is 0 Å². The van der Waals surface area contributed by atoms with Gasteiger partial charge in [0, 0.05) is 9.61 Å². The van der Waals surface area contributed by atoms with Crippen LogP contribution in [0, 0.1) is 10.5 Å². The Hall–Kier alpha value is -1.07. The highest BCUT2D eigenvalue weighted by Gasteiger charge is 2.09. The second kappa shape index (κ2) is 7.09. The van der Waals surface area contributed by atoms with Gasteiger partial charge in [-0.3, -0.25) is 0 Å². The Morgan fingerprint density at radius 1 is 1.15 bits per heavy atom. The van der Waals surface area contributed by atoms with Crippen LogP contribution >= 0.6 is 22.6 Å². The first-order chi connectivity index (χ1) is 9.58. The number of aryl methyl sites for hydroxylation is 1. The lowest BCUT2D eigenvalue weighted by Crippen LogP contribution is -2.21. The van der Waals surface area contributed by atoms with Gasteiger partial charge in [0.2, 0.25) is 0 Å². The molecule has 0 spiro atoms. The van der Waals surface area contributed by atoms with E-state index in [0.717, 1.165) is 24.3 Å². The van der Waals surface area contributed by atoms with Crippen molar-refractivity contribution in [1.82, 2.24) is 0 Å². The molecule has 2 aromatic carbocycles. The third-order valence-corrected chi connectivity index (χ3v) is 3.98. The van der Waals surface area contributed by atoms with Crippen LogP contribution in [0.2, 0.25) is 0 Å². The smallest absolute Gasteiger partial charge is 0.130 e. The minimum absolute atomic E-state index is 0.177. The van der Waals surface area contributed by atoms with Crippen LogP contribution in [0.3, 0.4) is 0 Å². The number of benzene rings is 2. The predicted octanol–water partition coefficient (Wildman–Crippen LogP) is 4.67. The van der Waals surface area contributed by atoms with E-state index < -0.39 is 0 Å². The highest BCUT2D eigenvalue weighted by Crippen LogP contribution is 2.27. The Bertz CT molecular complexity index is 566. The van der Waals surface area contributed by atoms with E-state index in [4.69, 9.17) is 10.5 Å². The molecule has 2 aromatic rings. The van der Waals surface area contributed by atoms with Crippen molar-refractivity contribution in [1.29, 1.82) is 0 Å². The van der Waals surface area contributed by atoms with E-state index in [1.165, 1.54) is 14.7 Å². The van der Waals surface area contributed by atoms with E-state index in [1.54, 1.807) is 0 Å². The average molecular weight is 381 g/mol. The van der Waals surface area contributed by atoms with Crippen LogP contribution in [0.1, 0.15) is 24.5 Å². The molecular formula is C17H20INO. The van der Waals surface area contributed by atoms with Crippen LogP contribution < -0.4 is 10.5 Å². The number of nitrogens with two attached hydrogens (primary N) is 1. The van der Waals surface area contributed by atoms with Gasteiger partial charge in [-0.1, -0.05) is 24.6 Å². The van der Waals surface area contributed by atoms with Gasteiger partial charge in [0.15, 0.2) is 0 Å². The fourth-order valence-corrected chi connectivity index (χ4v) is 2.38. The topological polar surface area (TPSA) is 35.2 Å². The van der Waals surface area contributed by atoms with E-state index in [2.05, 4.69) is 48.6 Å². The van der Waals surface area contributed by atoms with E-state index in [9.17, 15) is 0 Å². The summed E-state index contributed by atoms with van der Waals surface area (Å²) in [4.78, 5) is 0. The monoisotopic (exact) mass is 381 g/mol. The molecule has 0 aliphatic heterocycles. The average Bonchev–Trinajstić information content (AvgIpc) is 2.44. The van der Waals surface area contributed by atoms with Crippen molar-refractivity contribution in [3.8, 4) is 11.5 Å². The highest BCUT2D eigenvalue weighted by molar-refractivity contribution is 14.1. The van der Waals surface area contributed by atoms with Crippen molar-refractivity contribution >= 4 is 22.6 Å². The first kappa shape index (κ1) is 15.3. The number of rotatable bonds is 5. The Morgan fingerprint density at radius 2 is 1.85 bits per heavy atom. The van der Waals surface area contributed by atoms with Crippen LogP contribution in [-0.4, -0.2) is 6.04 Å². The van der Waals surface area contributed by atoms with Crippen LogP contribution in [0.4, 0.5) is 0 Å². The van der Waals surface area contributed by atoms with Crippen molar-refractivity contribution < 1.29 is 4.74 Å². The molecule has 3 heteroatoms. The summed E-state index contributed by atoms with van der Waals surface area (Å²) in [6.45, 7) is 4.20. The van der Waals surface area contributed by atoms with E-state index in [1.807, 2.05) is 30.3 Å². The second-order valence-corrected chi connectivity index (χ2v) is 6.29. The Balaban J connectivity index is 2.23. The molecule has 20 heavy (non-hydrogen) atoms. The van der Waals surface area contributed by atoms with Gasteiger partial charge in [-0.2, -0.15) is 0 Å². The molecule has 0 aliphatic carbocycles. The van der Waals surface area contributed by atoms with Crippen molar-refractivity contribution in [2.45, 2.75) is 32.7 Å². The van der Waals surface area contributed by atoms with Gasteiger partial charge < -0.3 is 10.5 Å². The van der Waals surface area contributed by atoms with Crippen LogP contribution in [-0.2, 0) is 6.42 Å². The molecule has 0 bridgehead atoms. The lowest BCUT2D eigenvalue weighted by atomic mass is 10.0. The zero-order valence-corrected chi connectivity index (χ0v) is 14.1. The Kier molecular flexibility index (Phi) is 5.43. The summed E-state index contributed by atoms with van der Waals surface area (Å²) in [5.41, 5.74) is 8.49. The predicted molar refractivity (Wildman–Crippen MR) is 92.4 cm³/mol. The third-order valence-electron chi connectivity index (χ3n) is 3.26. The van der Waals surface area contributed by atoms with Crippen LogP contribution in [0.5, 0.6) is 11.5 Å². The second-order valence-electron chi connectivity index (χ2n) is 5.04. The molecule has 1 unspecified atom stereocenters. The number of hydrogen-bond donors (Lipinski definition) is 1. The maximum atomic E-state index is 6.08. The minimum atomic E-state index is 0.177. The molecule has 0 fully saturated rings. The zero-order chi connectivity index (χ0) is 14.5. The quantitative estimate of drug-likeness (QED) is 0.764. The van der Waals surface area contributed by atoms with Crippen molar-refractivity contribution in [3.05, 3.63) is 57.2 Å². The lowest BCUT2D eigenvalue weighted by molar-refractivity contribution is 0.472. The van der Waals surface area contributed by atoms with E-state index >= 15 is 0 Å². The summed E-state index contributed by atoms with van der Waals surface area (Å²) in [6, 6.07) is 14.5. The molecule has 0 aliphatic rings. The van der Waals surface area contributed by atoms with Gasteiger partial charge in [0.05, 0.1) is 0 Å². The number of halogens is 1. The molecule has 0 aromatic heterocycles. The molecule has 106 valence electrons. The minimum Gasteiger partial charge on any atom is -0.457 e. The number of hydrogen-bond acceptors (Lipinski definition) is 2. The summed E-state index contributed by atoms with van der Waals surface area (Å²) < 4.78 is 7.21. The fraction of sp³-hybridized carbons (Fsp3) is 0.294. The van der Waals surface area contributed by atoms with Gasteiger partial charge >= 0.3 is 0 Å². The summed E-state index contributed by atoms with van der Waals surface area (Å²) >= 11 is 2.29. The summed E-state index contributed by atoms with van der Waals surface area (Å²) in [7, 11) is 0. The summed E-state index contributed by atoms with van der Waals surface area (Å²) in [5.74, 6) is 1.77. The molecule has 2 rings (SSSR count). The van der Waals surface area contributed by atoms with Gasteiger partial charge in [-0.25, -0.2) is 0 Å². The Labute approximate surface area is 134 Å². The fourth-order valence-electron chi connectivity index (χ4n) is 2.02. The summed E-state index contributed by atoms with van der Waals surface area (Å²) in [5, 5.41) is 0. The normalized spacial score (nSPS) is 12.2. The summed E-state index contributed by atoms with van der Waals surface area (Å²) in [6.07, 6.45) is 1.81. The molecular weight excluding hydrogens is 361 g/mol. The lowest BCUT2D eigenvalue weighted by Gasteiger charge is -2.15. The van der Waals surface area contributed by atoms with E-state index in [0.29, 0.717) is 0 Å². The third kappa shape index (κ3) is 4.21. The molecule has 0 amide bonds. The van der Waals surface area contributed by atoms with Gasteiger partial charge in [-0.05, 0) is 78.3 Å². The van der Waals surface area contributed by atoms with Crippen LogP contribution in [0.25, 0.3) is 0 Å². The molecule has 2 nitrogen and oxygen atoms in total. The standard InChI is InChI=1S/C17H20INO/c1-3-15(19)11-13-10-12(2)4-9-17(13)20-16-7-5-14(18)6-8-16/h4-10,15H,3,11,19H2,1-2H3. The molecule has 0 saturated carbocycles. The molecule has 0 radical (unpaired) electrons. The molecule has 0 saturated heterocycles. The molecule has 2 N–H and O–H groups in total. The van der Waals surface area contributed by atoms with Gasteiger partial charge in [0.1, 0.15) is 11.5 Å². The maximum absolute atomic E-state index is 6.08. The largest absolute Gasteiger partial charge is 0.457 e. The van der Waals surface area contributed by atoms with Gasteiger partial charge in [-0.15, -0.1) is 0 Å². The molecule has 0 heterocycles. The van der Waals surface area contributed by atoms with Crippen molar-refractivity contribution in [2.24, 2.45) is 5.73 Å². The van der Waals surface area contributed by atoms with Crippen molar-refractivity contribution in [3.63, 3.8) is 0 Å². The van der Waals surface area contributed by atoms with Gasteiger partial charge in [0.25, 0.3) is 0 Å². The zero-order valence-electron chi connectivity index (χ0n) is 11.9.